The largest absolute Gasteiger partial charge is 0.506 e. The molecule has 1 N–H and O–H groups in total. The number of hydrogen-bond acceptors (Lipinski definition) is 3. The maximum atomic E-state index is 10.2. The molecule has 5 aromatic rings. The van der Waals surface area contributed by atoms with Crippen LogP contribution in [0.3, 0.4) is 0 Å². The highest BCUT2D eigenvalue weighted by Crippen LogP contribution is 2.36. The summed E-state index contributed by atoms with van der Waals surface area (Å²) in [6.45, 7) is 2.61. The van der Waals surface area contributed by atoms with Crippen LogP contribution in [0.25, 0.3) is 28.2 Å². The second-order valence-electron chi connectivity index (χ2n) is 8.07. The van der Waals surface area contributed by atoms with Gasteiger partial charge in [-0.2, -0.15) is 0 Å². The number of hydrogen-bond donors (Lipinski definition) is 1. The van der Waals surface area contributed by atoms with Gasteiger partial charge in [-0.1, -0.05) is 72.8 Å². The van der Waals surface area contributed by atoms with Gasteiger partial charge in [0.2, 0.25) is 0 Å². The molecule has 0 aliphatic rings. The number of para-hydroxylation sites is 2. The maximum absolute atomic E-state index is 10.2. The van der Waals surface area contributed by atoms with Crippen LogP contribution in [0.5, 0.6) is 11.5 Å². The fraction of sp³-hybridized carbons (Fsp3) is 0.0645. The normalized spacial score (nSPS) is 11.1. The first kappa shape index (κ1) is 22.2. The third-order valence-electron chi connectivity index (χ3n) is 5.78. The molecule has 0 fully saturated rings. The molecule has 0 spiro atoms. The Morgan fingerprint density at radius 2 is 1.40 bits per heavy atom. The van der Waals surface area contributed by atoms with Crippen molar-refractivity contribution in [3.05, 3.63) is 121 Å². The monoisotopic (exact) mass is 458 g/mol. The predicted octanol–water partition coefficient (Wildman–Crippen LogP) is 7.67. The van der Waals surface area contributed by atoms with Crippen molar-refractivity contribution in [2.75, 3.05) is 6.61 Å². The molecule has 35 heavy (non-hydrogen) atoms. The lowest BCUT2D eigenvalue weighted by atomic mass is 10.1. The van der Waals surface area contributed by atoms with Crippen LogP contribution in [0, 0.1) is 0 Å². The van der Waals surface area contributed by atoms with E-state index in [4.69, 9.17) is 4.74 Å². The molecular formula is C31H26N2O2. The Kier molecular flexibility index (Phi) is 6.44. The summed E-state index contributed by atoms with van der Waals surface area (Å²) in [5, 5.41) is 10.2. The lowest BCUT2D eigenvalue weighted by Crippen LogP contribution is -2.01. The van der Waals surface area contributed by atoms with E-state index in [1.165, 1.54) is 0 Å². The van der Waals surface area contributed by atoms with Gasteiger partial charge >= 0.3 is 0 Å². The van der Waals surface area contributed by atoms with Crippen molar-refractivity contribution in [2.24, 2.45) is 4.99 Å². The molecule has 0 radical (unpaired) electrons. The van der Waals surface area contributed by atoms with Crippen LogP contribution >= 0.6 is 0 Å². The third kappa shape index (κ3) is 4.73. The summed E-state index contributed by atoms with van der Waals surface area (Å²) >= 11 is 0. The van der Waals surface area contributed by atoms with Gasteiger partial charge in [-0.3, -0.25) is 4.99 Å². The fourth-order valence-electron chi connectivity index (χ4n) is 4.18. The topological polar surface area (TPSA) is 46.8 Å². The minimum Gasteiger partial charge on any atom is -0.506 e. The van der Waals surface area contributed by atoms with Crippen LogP contribution < -0.4 is 4.74 Å². The molecule has 0 saturated heterocycles. The van der Waals surface area contributed by atoms with Crippen molar-refractivity contribution in [1.82, 2.24) is 4.57 Å². The molecular weight excluding hydrogens is 432 g/mol. The third-order valence-corrected chi connectivity index (χ3v) is 5.78. The summed E-state index contributed by atoms with van der Waals surface area (Å²) in [4.78, 5) is 4.63. The Balaban J connectivity index is 1.75. The summed E-state index contributed by atoms with van der Waals surface area (Å²) in [7, 11) is 0. The van der Waals surface area contributed by atoms with E-state index >= 15 is 0 Å². The van der Waals surface area contributed by atoms with E-state index in [-0.39, 0.29) is 5.75 Å². The summed E-state index contributed by atoms with van der Waals surface area (Å²) in [5.41, 5.74) is 6.74. The fourth-order valence-corrected chi connectivity index (χ4v) is 4.18. The highest BCUT2D eigenvalue weighted by atomic mass is 16.5. The molecule has 172 valence electrons. The summed E-state index contributed by atoms with van der Waals surface area (Å²) in [5.74, 6) is 0.992. The Hall–Kier alpha value is -4.57. The highest BCUT2D eigenvalue weighted by molar-refractivity contribution is 5.94. The average molecular weight is 459 g/mol. The summed E-state index contributed by atoms with van der Waals surface area (Å²) in [6.07, 6.45) is 1.83. The molecule has 0 aliphatic heterocycles. The van der Waals surface area contributed by atoms with Crippen molar-refractivity contribution in [3.63, 3.8) is 0 Å². The van der Waals surface area contributed by atoms with Crippen molar-refractivity contribution in [3.8, 4) is 39.7 Å². The quantitative estimate of drug-likeness (QED) is 0.254. The van der Waals surface area contributed by atoms with E-state index in [1.807, 2.05) is 67.7 Å². The summed E-state index contributed by atoms with van der Waals surface area (Å²) < 4.78 is 7.93. The van der Waals surface area contributed by atoms with E-state index in [1.54, 1.807) is 18.2 Å². The minimum absolute atomic E-state index is 0.152. The number of phenols is 1. The second kappa shape index (κ2) is 10.1. The number of ether oxygens (including phenoxy) is 1. The van der Waals surface area contributed by atoms with E-state index in [0.717, 1.165) is 39.5 Å². The van der Waals surface area contributed by atoms with Crippen molar-refractivity contribution < 1.29 is 9.84 Å². The number of nitrogens with zero attached hydrogens (tertiary/aromatic N) is 2. The lowest BCUT2D eigenvalue weighted by Gasteiger charge is -2.15. The molecule has 0 unspecified atom stereocenters. The molecule has 4 nitrogen and oxygen atoms in total. The SMILES string of the molecule is CCOc1ccc(-n2c(-c3ccccc3)cc(C=Nc3ccccc3O)c2-c2ccccc2)cc1. The number of rotatable bonds is 7. The zero-order valence-electron chi connectivity index (χ0n) is 19.5. The summed E-state index contributed by atoms with van der Waals surface area (Å²) in [6, 6.07) is 38.0. The molecule has 1 aromatic heterocycles. The second-order valence-corrected chi connectivity index (χ2v) is 8.07. The van der Waals surface area contributed by atoms with E-state index in [0.29, 0.717) is 12.3 Å². The molecule has 4 heteroatoms. The molecule has 0 atom stereocenters. The van der Waals surface area contributed by atoms with Crippen LogP contribution in [0.4, 0.5) is 5.69 Å². The van der Waals surface area contributed by atoms with Gasteiger partial charge in [-0.15, -0.1) is 0 Å². The average Bonchev–Trinajstić information content (AvgIpc) is 3.29. The zero-order valence-corrected chi connectivity index (χ0v) is 19.5. The Morgan fingerprint density at radius 3 is 2.06 bits per heavy atom. The smallest absolute Gasteiger partial charge is 0.141 e. The number of aromatic nitrogens is 1. The predicted molar refractivity (Wildman–Crippen MR) is 143 cm³/mol. The zero-order chi connectivity index (χ0) is 24.0. The molecule has 1 heterocycles. The maximum Gasteiger partial charge on any atom is 0.141 e. The lowest BCUT2D eigenvalue weighted by molar-refractivity contribution is 0.340. The van der Waals surface area contributed by atoms with Gasteiger partial charge in [0.15, 0.2) is 0 Å². The van der Waals surface area contributed by atoms with Crippen LogP contribution in [0.15, 0.2) is 120 Å². The van der Waals surface area contributed by atoms with Gasteiger partial charge in [0, 0.05) is 17.5 Å². The first-order valence-electron chi connectivity index (χ1n) is 11.7. The standard InChI is InChI=1S/C31H26N2O2/c1-2-35-27-19-17-26(18-20-27)33-29(23-11-5-3-6-12-23)21-25(31(33)24-13-7-4-8-14-24)22-32-28-15-9-10-16-30(28)34/h3-22,34H,2H2,1H3. The van der Waals surface area contributed by atoms with Crippen molar-refractivity contribution in [1.29, 1.82) is 0 Å². The highest BCUT2D eigenvalue weighted by Gasteiger charge is 2.18. The molecule has 4 aromatic carbocycles. The van der Waals surface area contributed by atoms with Crippen LogP contribution in [0.2, 0.25) is 0 Å². The first-order chi connectivity index (χ1) is 17.2. The van der Waals surface area contributed by atoms with Gasteiger partial charge < -0.3 is 14.4 Å². The molecule has 5 rings (SSSR count). The van der Waals surface area contributed by atoms with Crippen molar-refractivity contribution in [2.45, 2.75) is 6.92 Å². The number of aliphatic imine (C=N–C) groups is 1. The van der Waals surface area contributed by atoms with E-state index < -0.39 is 0 Å². The molecule has 0 bridgehead atoms. The first-order valence-corrected chi connectivity index (χ1v) is 11.7. The number of phenolic OH excluding ortho intramolecular Hbond substituents is 1. The number of benzene rings is 4. The number of aromatic hydroxyl groups is 1. The van der Waals surface area contributed by atoms with E-state index in [2.05, 4.69) is 52.0 Å². The van der Waals surface area contributed by atoms with Crippen molar-refractivity contribution >= 4 is 11.9 Å². The Labute approximate surface area is 205 Å². The van der Waals surface area contributed by atoms with Crippen LogP contribution in [-0.4, -0.2) is 22.5 Å². The van der Waals surface area contributed by atoms with Gasteiger partial charge in [0.05, 0.1) is 18.0 Å². The van der Waals surface area contributed by atoms with Gasteiger partial charge in [0.25, 0.3) is 0 Å². The molecule has 0 amide bonds. The minimum atomic E-state index is 0.152. The van der Waals surface area contributed by atoms with Crippen LogP contribution in [0.1, 0.15) is 12.5 Å². The van der Waals surface area contributed by atoms with Gasteiger partial charge in [-0.05, 0) is 60.5 Å². The van der Waals surface area contributed by atoms with Gasteiger partial charge in [0.1, 0.15) is 17.2 Å². The van der Waals surface area contributed by atoms with Crippen LogP contribution in [-0.2, 0) is 0 Å². The van der Waals surface area contributed by atoms with Gasteiger partial charge in [-0.25, -0.2) is 0 Å². The molecule has 0 saturated carbocycles. The molecule has 0 aliphatic carbocycles. The van der Waals surface area contributed by atoms with E-state index in [9.17, 15) is 5.11 Å². The Morgan fingerprint density at radius 1 is 0.771 bits per heavy atom. The Bertz CT molecular complexity index is 1440.